The first-order valence-corrected chi connectivity index (χ1v) is 9.25. The Labute approximate surface area is 129 Å². The molecule has 21 heavy (non-hydrogen) atoms. The van der Waals surface area contributed by atoms with Crippen LogP contribution < -0.4 is 9.64 Å². The largest absolute Gasteiger partial charge is 0.495 e. The standard InChI is InChI=1S/C14H19ClN2O3S/c1-16-6-10-8-17(9-11(10)7-16)13-5-12(21(15,18)19)3-4-14(13)20-2/h3-5,10-11H,6-9H2,1-2H3. The van der Waals surface area contributed by atoms with Gasteiger partial charge >= 0.3 is 0 Å². The van der Waals surface area contributed by atoms with Crippen molar-refractivity contribution in [2.24, 2.45) is 11.8 Å². The van der Waals surface area contributed by atoms with Gasteiger partial charge in [0.15, 0.2) is 0 Å². The van der Waals surface area contributed by atoms with Crippen LogP contribution in [0.3, 0.4) is 0 Å². The second kappa shape index (κ2) is 5.34. The molecule has 7 heteroatoms. The summed E-state index contributed by atoms with van der Waals surface area (Å²) < 4.78 is 28.5. The Balaban J connectivity index is 1.91. The number of likely N-dealkylation sites (tertiary alicyclic amines) is 1. The molecule has 0 aliphatic carbocycles. The Morgan fingerprint density at radius 3 is 2.33 bits per heavy atom. The number of anilines is 1. The second-order valence-electron chi connectivity index (χ2n) is 5.92. The molecular formula is C14H19ClN2O3S. The number of fused-ring (bicyclic) bond motifs is 1. The Bertz CT molecular complexity index is 636. The lowest BCUT2D eigenvalue weighted by molar-refractivity contribution is 0.385. The summed E-state index contributed by atoms with van der Waals surface area (Å²) in [6.45, 7) is 4.04. The molecule has 2 aliphatic heterocycles. The SMILES string of the molecule is COc1ccc(S(=O)(=O)Cl)cc1N1CC2CN(C)CC2C1. The molecule has 2 atom stereocenters. The zero-order chi connectivity index (χ0) is 15.2. The van der Waals surface area contributed by atoms with Crippen LogP contribution in [0.15, 0.2) is 23.1 Å². The second-order valence-corrected chi connectivity index (χ2v) is 8.48. The highest BCUT2D eigenvalue weighted by Gasteiger charge is 2.39. The Hall–Kier alpha value is -0.980. The fraction of sp³-hybridized carbons (Fsp3) is 0.571. The van der Waals surface area contributed by atoms with Gasteiger partial charge in [-0.05, 0) is 37.1 Å². The van der Waals surface area contributed by atoms with E-state index in [4.69, 9.17) is 15.4 Å². The lowest BCUT2D eigenvalue weighted by Gasteiger charge is -2.23. The highest BCUT2D eigenvalue weighted by Crippen LogP contribution is 2.38. The highest BCUT2D eigenvalue weighted by molar-refractivity contribution is 8.13. The molecule has 0 amide bonds. The van der Waals surface area contributed by atoms with Crippen LogP contribution >= 0.6 is 10.7 Å². The maximum absolute atomic E-state index is 11.5. The van der Waals surface area contributed by atoms with E-state index in [0.29, 0.717) is 17.6 Å². The van der Waals surface area contributed by atoms with Gasteiger partial charge in [-0.3, -0.25) is 0 Å². The van der Waals surface area contributed by atoms with Gasteiger partial charge in [-0.25, -0.2) is 8.42 Å². The minimum absolute atomic E-state index is 0.120. The Morgan fingerprint density at radius 1 is 1.19 bits per heavy atom. The van der Waals surface area contributed by atoms with Crippen LogP contribution in [0.5, 0.6) is 5.75 Å². The van der Waals surface area contributed by atoms with E-state index in [0.717, 1.165) is 31.9 Å². The van der Waals surface area contributed by atoms with Crippen LogP contribution in [0.25, 0.3) is 0 Å². The molecule has 3 rings (SSSR count). The van der Waals surface area contributed by atoms with E-state index in [1.54, 1.807) is 19.2 Å². The van der Waals surface area contributed by atoms with Crippen molar-refractivity contribution >= 4 is 25.4 Å². The lowest BCUT2D eigenvalue weighted by Crippen LogP contribution is -2.27. The molecule has 0 bridgehead atoms. The number of nitrogens with zero attached hydrogens (tertiary/aromatic N) is 2. The Morgan fingerprint density at radius 2 is 1.81 bits per heavy atom. The van der Waals surface area contributed by atoms with Crippen LogP contribution in [-0.4, -0.2) is 53.7 Å². The summed E-state index contributed by atoms with van der Waals surface area (Å²) in [5.74, 6) is 1.96. The molecule has 1 aromatic carbocycles. The minimum Gasteiger partial charge on any atom is -0.495 e. The fourth-order valence-electron chi connectivity index (χ4n) is 3.49. The van der Waals surface area contributed by atoms with Crippen LogP contribution in [0.4, 0.5) is 5.69 Å². The number of hydrogen-bond donors (Lipinski definition) is 0. The van der Waals surface area contributed by atoms with Gasteiger partial charge < -0.3 is 14.5 Å². The molecule has 0 spiro atoms. The van der Waals surface area contributed by atoms with E-state index < -0.39 is 9.05 Å². The third-order valence-corrected chi connectivity index (χ3v) is 5.79. The monoisotopic (exact) mass is 330 g/mol. The van der Waals surface area contributed by atoms with Crippen molar-refractivity contribution in [1.82, 2.24) is 4.90 Å². The van der Waals surface area contributed by atoms with Gasteiger partial charge in [0, 0.05) is 36.9 Å². The zero-order valence-electron chi connectivity index (χ0n) is 12.1. The fourth-order valence-corrected chi connectivity index (χ4v) is 4.26. The summed E-state index contributed by atoms with van der Waals surface area (Å²) in [6.07, 6.45) is 0. The molecule has 2 aliphatic rings. The summed E-state index contributed by atoms with van der Waals surface area (Å²) in [4.78, 5) is 4.69. The number of rotatable bonds is 3. The molecule has 2 unspecified atom stereocenters. The zero-order valence-corrected chi connectivity index (χ0v) is 13.7. The maximum atomic E-state index is 11.5. The van der Waals surface area contributed by atoms with Crippen molar-refractivity contribution in [1.29, 1.82) is 0 Å². The number of hydrogen-bond acceptors (Lipinski definition) is 5. The number of benzene rings is 1. The summed E-state index contributed by atoms with van der Waals surface area (Å²) >= 11 is 0. The van der Waals surface area contributed by atoms with Gasteiger partial charge in [-0.1, -0.05) is 0 Å². The van der Waals surface area contributed by atoms with Gasteiger partial charge in [0.1, 0.15) is 5.75 Å². The van der Waals surface area contributed by atoms with Crippen molar-refractivity contribution in [2.45, 2.75) is 4.90 Å². The first-order valence-electron chi connectivity index (χ1n) is 6.94. The quantitative estimate of drug-likeness (QED) is 0.788. The molecule has 2 saturated heterocycles. The third-order valence-electron chi connectivity index (χ3n) is 4.44. The average Bonchev–Trinajstić information content (AvgIpc) is 2.93. The summed E-state index contributed by atoms with van der Waals surface area (Å²) in [7, 11) is 5.47. The first kappa shape index (κ1) is 14.9. The van der Waals surface area contributed by atoms with Gasteiger partial charge in [0.2, 0.25) is 0 Å². The van der Waals surface area contributed by atoms with Crippen molar-refractivity contribution in [2.75, 3.05) is 45.2 Å². The van der Waals surface area contributed by atoms with Crippen molar-refractivity contribution in [3.05, 3.63) is 18.2 Å². The molecule has 2 fully saturated rings. The maximum Gasteiger partial charge on any atom is 0.261 e. The molecule has 2 heterocycles. The smallest absolute Gasteiger partial charge is 0.261 e. The lowest BCUT2D eigenvalue weighted by atomic mass is 10.0. The van der Waals surface area contributed by atoms with E-state index in [1.165, 1.54) is 6.07 Å². The van der Waals surface area contributed by atoms with E-state index in [-0.39, 0.29) is 4.90 Å². The number of ether oxygens (including phenoxy) is 1. The normalized spacial score (nSPS) is 26.1. The molecule has 1 aromatic rings. The van der Waals surface area contributed by atoms with Gasteiger partial charge in [0.25, 0.3) is 9.05 Å². The molecule has 0 radical (unpaired) electrons. The molecule has 5 nitrogen and oxygen atoms in total. The predicted molar refractivity (Wildman–Crippen MR) is 82.7 cm³/mol. The van der Waals surface area contributed by atoms with Crippen LogP contribution in [0.2, 0.25) is 0 Å². The predicted octanol–water partition coefficient (Wildman–Crippen LogP) is 1.62. The highest BCUT2D eigenvalue weighted by atomic mass is 35.7. The van der Waals surface area contributed by atoms with Crippen molar-refractivity contribution < 1.29 is 13.2 Å². The van der Waals surface area contributed by atoms with E-state index in [9.17, 15) is 8.42 Å². The van der Waals surface area contributed by atoms with Gasteiger partial charge in [-0.2, -0.15) is 0 Å². The minimum atomic E-state index is -3.73. The van der Waals surface area contributed by atoms with E-state index >= 15 is 0 Å². The molecule has 0 saturated carbocycles. The number of halogens is 1. The molecular weight excluding hydrogens is 312 g/mol. The van der Waals surface area contributed by atoms with Gasteiger partial charge in [0.05, 0.1) is 17.7 Å². The van der Waals surface area contributed by atoms with Crippen LogP contribution in [0.1, 0.15) is 0 Å². The summed E-state index contributed by atoms with van der Waals surface area (Å²) in [5, 5.41) is 0. The molecule has 116 valence electrons. The van der Waals surface area contributed by atoms with Crippen LogP contribution in [-0.2, 0) is 9.05 Å². The van der Waals surface area contributed by atoms with E-state index in [2.05, 4.69) is 16.8 Å². The number of methoxy groups -OCH3 is 1. The van der Waals surface area contributed by atoms with Gasteiger partial charge in [-0.15, -0.1) is 0 Å². The first-order chi connectivity index (χ1) is 9.88. The Kier molecular flexibility index (Phi) is 3.80. The average molecular weight is 331 g/mol. The molecule has 0 aromatic heterocycles. The van der Waals surface area contributed by atoms with Crippen LogP contribution in [0, 0.1) is 11.8 Å². The van der Waals surface area contributed by atoms with Crippen molar-refractivity contribution in [3.8, 4) is 5.75 Å². The molecule has 0 N–H and O–H groups in total. The van der Waals surface area contributed by atoms with Crippen molar-refractivity contribution in [3.63, 3.8) is 0 Å². The topological polar surface area (TPSA) is 49.9 Å². The summed E-state index contributed by atoms with van der Waals surface area (Å²) in [6, 6.07) is 4.77. The summed E-state index contributed by atoms with van der Waals surface area (Å²) in [5.41, 5.74) is 0.816. The third kappa shape index (κ3) is 2.84. The van der Waals surface area contributed by atoms with E-state index in [1.807, 2.05) is 0 Å².